The van der Waals surface area contributed by atoms with Gasteiger partial charge in [0.1, 0.15) is 11.8 Å². The third-order valence-electron chi connectivity index (χ3n) is 2.47. The fourth-order valence-corrected chi connectivity index (χ4v) is 1.46. The van der Waals surface area contributed by atoms with Crippen molar-refractivity contribution in [1.82, 2.24) is 10.3 Å². The van der Waals surface area contributed by atoms with Crippen molar-refractivity contribution >= 4 is 11.9 Å². The molecule has 2 N–H and O–H groups in total. The molecule has 98 valence electrons. The molecule has 0 bridgehead atoms. The lowest BCUT2D eigenvalue weighted by molar-refractivity contribution is -0.140. The number of carbonyl (C=O) groups is 2. The van der Waals surface area contributed by atoms with Crippen LogP contribution in [0.2, 0.25) is 0 Å². The second kappa shape index (κ2) is 6.00. The van der Waals surface area contributed by atoms with Crippen molar-refractivity contribution in [1.29, 1.82) is 0 Å². The fraction of sp³-hybridized carbons (Fsp3) is 0.417. The van der Waals surface area contributed by atoms with Gasteiger partial charge in [-0.25, -0.2) is 4.79 Å². The number of hydrogen-bond acceptors (Lipinski definition) is 4. The summed E-state index contributed by atoms with van der Waals surface area (Å²) >= 11 is 0. The average Bonchev–Trinajstić information content (AvgIpc) is 2.34. The molecule has 6 heteroatoms. The van der Waals surface area contributed by atoms with Crippen molar-refractivity contribution < 1.29 is 19.4 Å². The number of rotatable bonds is 5. The third-order valence-corrected chi connectivity index (χ3v) is 2.47. The van der Waals surface area contributed by atoms with Gasteiger partial charge in [-0.1, -0.05) is 13.8 Å². The molecule has 0 spiro atoms. The summed E-state index contributed by atoms with van der Waals surface area (Å²) < 4.78 is 5.00. The van der Waals surface area contributed by atoms with Crippen LogP contribution in [0.5, 0.6) is 5.75 Å². The van der Waals surface area contributed by atoms with E-state index < -0.39 is 17.9 Å². The number of carbonyl (C=O) groups excluding carboxylic acids is 1. The van der Waals surface area contributed by atoms with E-state index in [2.05, 4.69) is 10.3 Å². The molecular weight excluding hydrogens is 236 g/mol. The molecule has 1 atom stereocenters. The van der Waals surface area contributed by atoms with Crippen molar-refractivity contribution in [2.24, 2.45) is 5.92 Å². The maximum atomic E-state index is 12.0. The van der Waals surface area contributed by atoms with Gasteiger partial charge in [0.25, 0.3) is 5.91 Å². The number of aliphatic carboxylic acids is 1. The molecule has 1 heterocycles. The highest BCUT2D eigenvalue weighted by Crippen LogP contribution is 2.16. The van der Waals surface area contributed by atoms with Crippen LogP contribution in [0.1, 0.15) is 24.2 Å². The van der Waals surface area contributed by atoms with Crippen LogP contribution in [0.3, 0.4) is 0 Å². The summed E-state index contributed by atoms with van der Waals surface area (Å²) in [4.78, 5) is 26.8. The topological polar surface area (TPSA) is 88.5 Å². The summed E-state index contributed by atoms with van der Waals surface area (Å²) in [5, 5.41) is 11.5. The fourth-order valence-electron chi connectivity index (χ4n) is 1.46. The number of amides is 1. The van der Waals surface area contributed by atoms with E-state index >= 15 is 0 Å². The Morgan fingerprint density at radius 2 is 2.11 bits per heavy atom. The Hall–Kier alpha value is -2.11. The molecule has 0 radical (unpaired) electrons. The Morgan fingerprint density at radius 1 is 1.44 bits per heavy atom. The van der Waals surface area contributed by atoms with Crippen molar-refractivity contribution in [2.45, 2.75) is 19.9 Å². The lowest BCUT2D eigenvalue weighted by Crippen LogP contribution is -2.44. The molecule has 1 aromatic rings. The highest BCUT2D eigenvalue weighted by molar-refractivity contribution is 5.98. The van der Waals surface area contributed by atoms with Crippen LogP contribution in [0.25, 0.3) is 0 Å². The smallest absolute Gasteiger partial charge is 0.326 e. The van der Waals surface area contributed by atoms with Gasteiger partial charge in [0, 0.05) is 6.20 Å². The van der Waals surface area contributed by atoms with Gasteiger partial charge in [-0.05, 0) is 12.0 Å². The highest BCUT2D eigenvalue weighted by Gasteiger charge is 2.25. The summed E-state index contributed by atoms with van der Waals surface area (Å²) in [6, 6.07) is 0.545. The van der Waals surface area contributed by atoms with Crippen LogP contribution in [0.4, 0.5) is 0 Å². The number of carboxylic acids is 1. The molecule has 0 aliphatic heterocycles. The van der Waals surface area contributed by atoms with Crippen molar-refractivity contribution in [3.05, 3.63) is 24.0 Å². The van der Waals surface area contributed by atoms with Crippen LogP contribution in [0, 0.1) is 5.92 Å². The molecule has 0 saturated heterocycles. The van der Waals surface area contributed by atoms with E-state index in [4.69, 9.17) is 9.84 Å². The van der Waals surface area contributed by atoms with E-state index in [1.54, 1.807) is 13.8 Å². The molecule has 0 saturated carbocycles. The van der Waals surface area contributed by atoms with E-state index in [0.29, 0.717) is 5.75 Å². The summed E-state index contributed by atoms with van der Waals surface area (Å²) in [6.07, 6.45) is 2.85. The highest BCUT2D eigenvalue weighted by atomic mass is 16.5. The van der Waals surface area contributed by atoms with Gasteiger partial charge in [0.05, 0.1) is 18.9 Å². The standard InChI is InChI=1S/C12H16N2O4/c1-7(2)10(12(16)17)14-11(15)8-4-5-13-6-9(8)18-3/h4-7,10H,1-3H3,(H,14,15)(H,16,17)/t10-/m1/s1. The molecule has 0 unspecified atom stereocenters. The Bertz CT molecular complexity index is 445. The van der Waals surface area contributed by atoms with E-state index in [1.807, 2.05) is 0 Å². The predicted molar refractivity (Wildman–Crippen MR) is 64.5 cm³/mol. The first-order valence-electron chi connectivity index (χ1n) is 5.49. The Kier molecular flexibility index (Phi) is 4.65. The minimum Gasteiger partial charge on any atom is -0.494 e. The average molecular weight is 252 g/mol. The largest absolute Gasteiger partial charge is 0.494 e. The number of ether oxygens (including phenoxy) is 1. The van der Waals surface area contributed by atoms with Crippen LogP contribution >= 0.6 is 0 Å². The van der Waals surface area contributed by atoms with Crippen molar-refractivity contribution in [3.63, 3.8) is 0 Å². The van der Waals surface area contributed by atoms with Gasteiger partial charge < -0.3 is 15.2 Å². The molecule has 1 aromatic heterocycles. The number of aromatic nitrogens is 1. The quantitative estimate of drug-likeness (QED) is 0.813. The minimum absolute atomic E-state index is 0.209. The molecule has 0 aliphatic carbocycles. The van der Waals surface area contributed by atoms with E-state index in [0.717, 1.165) is 0 Å². The number of nitrogens with zero attached hydrogens (tertiary/aromatic N) is 1. The first-order chi connectivity index (χ1) is 8.47. The second-order valence-electron chi connectivity index (χ2n) is 4.11. The molecule has 0 fully saturated rings. The second-order valence-corrected chi connectivity index (χ2v) is 4.11. The number of pyridine rings is 1. The number of carboxylic acid groups (broad SMARTS) is 1. The zero-order valence-corrected chi connectivity index (χ0v) is 10.5. The van der Waals surface area contributed by atoms with E-state index in [-0.39, 0.29) is 11.5 Å². The normalized spacial score (nSPS) is 12.0. The molecule has 1 rings (SSSR count). The molecule has 18 heavy (non-hydrogen) atoms. The summed E-state index contributed by atoms with van der Waals surface area (Å²) in [7, 11) is 1.42. The number of methoxy groups -OCH3 is 1. The molecule has 0 aromatic carbocycles. The zero-order valence-electron chi connectivity index (χ0n) is 10.5. The molecule has 1 amide bonds. The van der Waals surface area contributed by atoms with Gasteiger partial charge >= 0.3 is 5.97 Å². The molecule has 0 aliphatic rings. The van der Waals surface area contributed by atoms with Crippen LogP contribution in [-0.2, 0) is 4.79 Å². The molecule has 6 nitrogen and oxygen atoms in total. The minimum atomic E-state index is -1.06. The van der Waals surface area contributed by atoms with Gasteiger partial charge in [0.15, 0.2) is 0 Å². The monoisotopic (exact) mass is 252 g/mol. The van der Waals surface area contributed by atoms with Gasteiger partial charge in [-0.3, -0.25) is 9.78 Å². The SMILES string of the molecule is COc1cnccc1C(=O)N[C@@H](C(=O)O)C(C)C. The van der Waals surface area contributed by atoms with Crippen molar-refractivity contribution in [2.75, 3.05) is 7.11 Å². The Labute approximate surface area is 105 Å². The maximum absolute atomic E-state index is 12.0. The lowest BCUT2D eigenvalue weighted by atomic mass is 10.0. The predicted octanol–water partition coefficient (Wildman–Crippen LogP) is 0.929. The zero-order chi connectivity index (χ0) is 13.7. The maximum Gasteiger partial charge on any atom is 0.326 e. The van der Waals surface area contributed by atoms with E-state index in [1.165, 1.54) is 25.6 Å². The van der Waals surface area contributed by atoms with Gasteiger partial charge in [0.2, 0.25) is 0 Å². The van der Waals surface area contributed by atoms with E-state index in [9.17, 15) is 9.59 Å². The first-order valence-corrected chi connectivity index (χ1v) is 5.49. The Morgan fingerprint density at radius 3 is 2.61 bits per heavy atom. The summed E-state index contributed by atoms with van der Waals surface area (Å²) in [5.41, 5.74) is 0.263. The van der Waals surface area contributed by atoms with Gasteiger partial charge in [-0.15, -0.1) is 0 Å². The van der Waals surface area contributed by atoms with Gasteiger partial charge in [-0.2, -0.15) is 0 Å². The van der Waals surface area contributed by atoms with Crippen LogP contribution < -0.4 is 10.1 Å². The first kappa shape index (κ1) is 14.0. The number of hydrogen-bond donors (Lipinski definition) is 2. The number of nitrogens with one attached hydrogen (secondary N) is 1. The van der Waals surface area contributed by atoms with Crippen molar-refractivity contribution in [3.8, 4) is 5.75 Å². The summed E-state index contributed by atoms with van der Waals surface area (Å²) in [6.45, 7) is 3.45. The third kappa shape index (κ3) is 3.19. The Balaban J connectivity index is 2.90. The lowest BCUT2D eigenvalue weighted by Gasteiger charge is -2.18. The van der Waals surface area contributed by atoms with Crippen LogP contribution in [-0.4, -0.2) is 35.1 Å². The molecular formula is C12H16N2O4. The summed E-state index contributed by atoms with van der Waals surface area (Å²) in [5.74, 6) is -1.45. The van der Waals surface area contributed by atoms with Crippen LogP contribution in [0.15, 0.2) is 18.5 Å².